The van der Waals surface area contributed by atoms with Gasteiger partial charge in [-0.25, -0.2) is 13.2 Å². The molecule has 1 aliphatic carbocycles. The molecule has 8 nitrogen and oxygen atoms in total. The lowest BCUT2D eigenvalue weighted by molar-refractivity contribution is -0.137. The third kappa shape index (κ3) is 7.17. The van der Waals surface area contributed by atoms with Crippen LogP contribution in [0.1, 0.15) is 46.5 Å². The smallest absolute Gasteiger partial charge is 0.407 e. The van der Waals surface area contributed by atoms with Gasteiger partial charge in [0.15, 0.2) is 0 Å². The van der Waals surface area contributed by atoms with Gasteiger partial charge in [-0.15, -0.1) is 0 Å². The van der Waals surface area contributed by atoms with E-state index in [1.807, 2.05) is 0 Å². The first-order valence-electron chi connectivity index (χ1n) is 7.69. The second-order valence-electron chi connectivity index (χ2n) is 6.62. The van der Waals surface area contributed by atoms with Gasteiger partial charge >= 0.3 is 12.1 Å². The fourth-order valence-corrected chi connectivity index (χ4v) is 4.06. The van der Waals surface area contributed by atoms with E-state index in [9.17, 15) is 18.0 Å². The lowest BCUT2D eigenvalue weighted by Gasteiger charge is -2.26. The number of nitrogens with zero attached hydrogens (tertiary/aromatic N) is 1. The molecular formula is C14H26N2O6S. The Morgan fingerprint density at radius 1 is 1.26 bits per heavy atom. The Balaban J connectivity index is 2.60. The minimum atomic E-state index is -3.76. The van der Waals surface area contributed by atoms with Crippen LogP contribution in [0, 0.1) is 0 Å². The number of carbonyl (C=O) groups is 2. The molecule has 0 aromatic rings. The topological polar surface area (TPSA) is 113 Å². The SMILES string of the molecule is CC(C)(C)OC(=O)NCCS(=O)(=O)N(CC(=O)O)C1CCCC1. The van der Waals surface area contributed by atoms with E-state index < -0.39 is 34.2 Å². The van der Waals surface area contributed by atoms with Gasteiger partial charge in [0.25, 0.3) is 0 Å². The fraction of sp³-hybridized carbons (Fsp3) is 0.857. The van der Waals surface area contributed by atoms with Crippen molar-refractivity contribution in [1.82, 2.24) is 9.62 Å². The minimum absolute atomic E-state index is 0.125. The van der Waals surface area contributed by atoms with Crippen molar-refractivity contribution in [3.05, 3.63) is 0 Å². The van der Waals surface area contributed by atoms with Gasteiger partial charge in [-0.1, -0.05) is 12.8 Å². The minimum Gasteiger partial charge on any atom is -0.480 e. The molecule has 0 aromatic carbocycles. The molecule has 0 spiro atoms. The Hall–Kier alpha value is -1.35. The Kier molecular flexibility index (Phi) is 6.82. The summed E-state index contributed by atoms with van der Waals surface area (Å²) in [6.07, 6.45) is 2.44. The van der Waals surface area contributed by atoms with Gasteiger partial charge in [0.1, 0.15) is 12.1 Å². The van der Waals surface area contributed by atoms with Crippen LogP contribution in [0.5, 0.6) is 0 Å². The maximum Gasteiger partial charge on any atom is 0.407 e. The Morgan fingerprint density at radius 2 is 1.83 bits per heavy atom. The highest BCUT2D eigenvalue weighted by Gasteiger charge is 2.33. The van der Waals surface area contributed by atoms with E-state index in [-0.39, 0.29) is 18.3 Å². The molecule has 1 amide bonds. The fourth-order valence-electron chi connectivity index (χ4n) is 2.49. The molecule has 0 aromatic heterocycles. The molecule has 0 bridgehead atoms. The number of carboxylic acids is 1. The first-order chi connectivity index (χ1) is 10.5. The molecule has 0 heterocycles. The molecular weight excluding hydrogens is 324 g/mol. The second-order valence-corrected chi connectivity index (χ2v) is 8.66. The number of alkyl carbamates (subject to hydrolysis) is 1. The molecule has 0 aliphatic heterocycles. The zero-order valence-corrected chi connectivity index (χ0v) is 14.7. The van der Waals surface area contributed by atoms with Crippen LogP contribution in [-0.4, -0.2) is 60.4 Å². The number of carbonyl (C=O) groups excluding carboxylic acids is 1. The first-order valence-corrected chi connectivity index (χ1v) is 9.30. The highest BCUT2D eigenvalue weighted by Crippen LogP contribution is 2.25. The summed E-state index contributed by atoms with van der Waals surface area (Å²) >= 11 is 0. The van der Waals surface area contributed by atoms with Crippen LogP contribution in [0.15, 0.2) is 0 Å². The number of carboxylic acid groups (broad SMARTS) is 1. The molecule has 1 fully saturated rings. The maximum atomic E-state index is 12.4. The van der Waals surface area contributed by atoms with Crippen LogP contribution in [0.25, 0.3) is 0 Å². The Bertz CT molecular complexity index is 520. The van der Waals surface area contributed by atoms with Crippen molar-refractivity contribution in [2.75, 3.05) is 18.8 Å². The van der Waals surface area contributed by atoms with Crippen molar-refractivity contribution in [3.8, 4) is 0 Å². The number of amides is 1. The lowest BCUT2D eigenvalue weighted by Crippen LogP contribution is -2.45. The number of aliphatic carboxylic acids is 1. The largest absolute Gasteiger partial charge is 0.480 e. The molecule has 0 saturated heterocycles. The molecule has 0 unspecified atom stereocenters. The van der Waals surface area contributed by atoms with Gasteiger partial charge in [0, 0.05) is 12.6 Å². The third-order valence-corrected chi connectivity index (χ3v) is 5.27. The average molecular weight is 350 g/mol. The predicted molar refractivity (Wildman–Crippen MR) is 84.6 cm³/mol. The summed E-state index contributed by atoms with van der Waals surface area (Å²) < 4.78 is 30.9. The summed E-state index contributed by atoms with van der Waals surface area (Å²) in [6, 6.07) is -0.266. The quantitative estimate of drug-likeness (QED) is 0.712. The van der Waals surface area contributed by atoms with Crippen LogP contribution in [0.4, 0.5) is 4.79 Å². The van der Waals surface area contributed by atoms with Gasteiger partial charge in [0.05, 0.1) is 5.75 Å². The van der Waals surface area contributed by atoms with Crippen molar-refractivity contribution < 1.29 is 27.9 Å². The summed E-state index contributed by atoms with van der Waals surface area (Å²) in [4.78, 5) is 22.5. The molecule has 0 radical (unpaired) electrons. The highest BCUT2D eigenvalue weighted by molar-refractivity contribution is 7.89. The van der Waals surface area contributed by atoms with Crippen molar-refractivity contribution in [2.24, 2.45) is 0 Å². The number of hydrogen-bond acceptors (Lipinski definition) is 5. The molecule has 134 valence electrons. The molecule has 1 aliphatic rings. The van der Waals surface area contributed by atoms with Gasteiger partial charge in [0.2, 0.25) is 10.0 Å². The van der Waals surface area contributed by atoms with E-state index in [0.717, 1.165) is 17.1 Å². The zero-order chi connectivity index (χ0) is 17.7. The summed E-state index contributed by atoms with van der Waals surface area (Å²) in [5, 5.41) is 11.3. The van der Waals surface area contributed by atoms with E-state index in [2.05, 4.69) is 5.32 Å². The molecule has 2 N–H and O–H groups in total. The summed E-state index contributed by atoms with van der Waals surface area (Å²) in [5.74, 6) is -1.53. The predicted octanol–water partition coefficient (Wildman–Crippen LogP) is 1.17. The molecule has 9 heteroatoms. The monoisotopic (exact) mass is 350 g/mol. The lowest BCUT2D eigenvalue weighted by atomic mass is 10.2. The summed E-state index contributed by atoms with van der Waals surface area (Å²) in [7, 11) is -3.76. The highest BCUT2D eigenvalue weighted by atomic mass is 32.2. The van der Waals surface area contributed by atoms with Crippen LogP contribution < -0.4 is 5.32 Å². The molecule has 0 atom stereocenters. The standard InChI is InChI=1S/C14H26N2O6S/c1-14(2,3)22-13(19)15-8-9-23(20,21)16(10-12(17)18)11-6-4-5-7-11/h11H,4-10H2,1-3H3,(H,15,19)(H,17,18). The van der Waals surface area contributed by atoms with Crippen LogP contribution >= 0.6 is 0 Å². The van der Waals surface area contributed by atoms with E-state index in [1.165, 1.54) is 0 Å². The third-order valence-electron chi connectivity index (χ3n) is 3.41. The van der Waals surface area contributed by atoms with E-state index >= 15 is 0 Å². The van der Waals surface area contributed by atoms with Crippen molar-refractivity contribution in [2.45, 2.75) is 58.1 Å². The number of rotatable bonds is 7. The van der Waals surface area contributed by atoms with Gasteiger partial charge in [-0.05, 0) is 33.6 Å². The van der Waals surface area contributed by atoms with Gasteiger partial charge < -0.3 is 15.2 Å². The summed E-state index contributed by atoms with van der Waals surface area (Å²) in [5.41, 5.74) is -0.665. The number of ether oxygens (including phenoxy) is 1. The molecule has 1 saturated carbocycles. The van der Waals surface area contributed by atoms with Crippen molar-refractivity contribution in [3.63, 3.8) is 0 Å². The maximum absolute atomic E-state index is 12.4. The van der Waals surface area contributed by atoms with Crippen LogP contribution in [-0.2, 0) is 19.6 Å². The summed E-state index contributed by atoms with van der Waals surface area (Å²) in [6.45, 7) is 4.45. The van der Waals surface area contributed by atoms with E-state index in [4.69, 9.17) is 9.84 Å². The average Bonchev–Trinajstić information content (AvgIpc) is 2.86. The Labute approximate surface area is 137 Å². The second kappa shape index (κ2) is 7.96. The number of nitrogens with one attached hydrogen (secondary N) is 1. The number of sulfonamides is 1. The zero-order valence-electron chi connectivity index (χ0n) is 13.9. The first kappa shape index (κ1) is 19.7. The van der Waals surface area contributed by atoms with E-state index in [1.54, 1.807) is 20.8 Å². The number of hydrogen-bond donors (Lipinski definition) is 2. The van der Waals surface area contributed by atoms with Crippen molar-refractivity contribution >= 4 is 22.1 Å². The van der Waals surface area contributed by atoms with Crippen LogP contribution in [0.2, 0.25) is 0 Å². The van der Waals surface area contributed by atoms with E-state index in [0.29, 0.717) is 12.8 Å². The van der Waals surface area contributed by atoms with Gasteiger partial charge in [-0.2, -0.15) is 4.31 Å². The normalized spacial score (nSPS) is 16.5. The molecule has 1 rings (SSSR count). The van der Waals surface area contributed by atoms with Gasteiger partial charge in [-0.3, -0.25) is 4.79 Å². The van der Waals surface area contributed by atoms with Crippen LogP contribution in [0.3, 0.4) is 0 Å². The van der Waals surface area contributed by atoms with Crippen molar-refractivity contribution in [1.29, 1.82) is 0 Å². The Morgan fingerprint density at radius 3 is 2.30 bits per heavy atom. The molecule has 23 heavy (non-hydrogen) atoms.